The van der Waals surface area contributed by atoms with Crippen LogP contribution in [0.1, 0.15) is 39.2 Å². The number of anilines is 1. The van der Waals surface area contributed by atoms with Crippen molar-refractivity contribution in [3.05, 3.63) is 23.9 Å². The summed E-state index contributed by atoms with van der Waals surface area (Å²) in [5, 5.41) is 0. The van der Waals surface area contributed by atoms with E-state index in [-0.39, 0.29) is 5.78 Å². The van der Waals surface area contributed by atoms with Crippen LogP contribution >= 0.6 is 0 Å². The lowest BCUT2D eigenvalue weighted by Crippen LogP contribution is -2.41. The zero-order chi connectivity index (χ0) is 13.6. The number of rotatable bonds is 7. The molecule has 0 aliphatic carbocycles. The smallest absolute Gasteiger partial charge is 0.168 e. The van der Waals surface area contributed by atoms with E-state index in [1.165, 1.54) is 0 Å². The Hall–Kier alpha value is -1.42. The van der Waals surface area contributed by atoms with Crippen LogP contribution in [0.5, 0.6) is 0 Å². The first-order chi connectivity index (χ1) is 8.57. The minimum absolute atomic E-state index is 0.111. The van der Waals surface area contributed by atoms with Crippen LogP contribution in [0.3, 0.4) is 0 Å². The molecule has 1 aromatic heterocycles. The fourth-order valence-corrected chi connectivity index (χ4v) is 2.16. The maximum absolute atomic E-state index is 12.4. The van der Waals surface area contributed by atoms with Crippen molar-refractivity contribution in [2.24, 2.45) is 0 Å². The lowest BCUT2D eigenvalue weighted by Gasteiger charge is -2.30. The van der Waals surface area contributed by atoms with Gasteiger partial charge in [-0.15, -0.1) is 0 Å². The zero-order valence-corrected chi connectivity index (χ0v) is 11.4. The number of nitrogen functional groups attached to an aromatic ring is 1. The summed E-state index contributed by atoms with van der Waals surface area (Å²) in [6.07, 6.45) is 3.35. The van der Waals surface area contributed by atoms with Crippen LogP contribution in [0.2, 0.25) is 0 Å². The number of nitrogens with zero attached hydrogens (tertiary/aromatic N) is 1. The van der Waals surface area contributed by atoms with Gasteiger partial charge in [0, 0.05) is 19.2 Å². The molecule has 0 spiro atoms. The number of carbonyl (C=O) groups excluding carboxylic acids is 1. The highest BCUT2D eigenvalue weighted by molar-refractivity contribution is 5.89. The molecule has 0 saturated carbocycles. The second-order valence-corrected chi connectivity index (χ2v) is 4.32. The fourth-order valence-electron chi connectivity index (χ4n) is 2.16. The summed E-state index contributed by atoms with van der Waals surface area (Å²) < 4.78 is 5.70. The molecule has 4 heteroatoms. The maximum atomic E-state index is 12.4. The minimum Gasteiger partial charge on any atom is -0.384 e. The predicted octanol–water partition coefficient (Wildman–Crippen LogP) is 2.37. The molecule has 0 radical (unpaired) electrons. The van der Waals surface area contributed by atoms with E-state index in [4.69, 9.17) is 10.5 Å². The van der Waals surface area contributed by atoms with Crippen molar-refractivity contribution >= 4 is 11.6 Å². The minimum atomic E-state index is -0.660. The summed E-state index contributed by atoms with van der Waals surface area (Å²) in [6.45, 7) is 6.43. The first kappa shape index (κ1) is 14.6. The number of aromatic nitrogens is 1. The SMILES string of the molecule is CCOC(CC)(CC)C(=O)Cc1ccnc(N)c1. The van der Waals surface area contributed by atoms with Gasteiger partial charge in [0.1, 0.15) is 11.4 Å². The Balaban J connectivity index is 2.85. The summed E-state index contributed by atoms with van der Waals surface area (Å²) in [6, 6.07) is 3.55. The van der Waals surface area contributed by atoms with Crippen LogP contribution in [0.15, 0.2) is 18.3 Å². The molecule has 100 valence electrons. The Morgan fingerprint density at radius 2 is 2.06 bits per heavy atom. The first-order valence-corrected chi connectivity index (χ1v) is 6.45. The van der Waals surface area contributed by atoms with Gasteiger partial charge in [-0.1, -0.05) is 13.8 Å². The fraction of sp³-hybridized carbons (Fsp3) is 0.571. The molecule has 0 atom stereocenters. The van der Waals surface area contributed by atoms with Crippen molar-refractivity contribution in [2.45, 2.75) is 45.6 Å². The molecule has 0 aliphatic rings. The molecule has 0 bridgehead atoms. The second kappa shape index (κ2) is 6.50. The first-order valence-electron chi connectivity index (χ1n) is 6.45. The summed E-state index contributed by atoms with van der Waals surface area (Å²) >= 11 is 0. The Kier molecular flexibility index (Phi) is 5.28. The van der Waals surface area contributed by atoms with Crippen LogP contribution in [-0.2, 0) is 16.0 Å². The number of hydrogen-bond donors (Lipinski definition) is 1. The highest BCUT2D eigenvalue weighted by atomic mass is 16.5. The third kappa shape index (κ3) is 3.29. The monoisotopic (exact) mass is 250 g/mol. The molecule has 0 saturated heterocycles. The van der Waals surface area contributed by atoms with E-state index in [1.54, 1.807) is 12.3 Å². The summed E-state index contributed by atoms with van der Waals surface area (Å²) in [5.41, 5.74) is 5.84. The normalized spacial score (nSPS) is 11.5. The molecule has 1 heterocycles. The molecule has 0 fully saturated rings. The van der Waals surface area contributed by atoms with Crippen molar-refractivity contribution < 1.29 is 9.53 Å². The van der Waals surface area contributed by atoms with Crippen LogP contribution in [-0.4, -0.2) is 23.0 Å². The van der Waals surface area contributed by atoms with Crippen molar-refractivity contribution in [3.63, 3.8) is 0 Å². The standard InChI is InChI=1S/C14H22N2O2/c1-4-14(5-2,18-6-3)12(17)9-11-7-8-16-13(15)10-11/h7-8,10H,4-6,9H2,1-3H3,(H2,15,16). The van der Waals surface area contributed by atoms with Crippen LogP contribution in [0.25, 0.3) is 0 Å². The number of hydrogen-bond acceptors (Lipinski definition) is 4. The van der Waals surface area contributed by atoms with Crippen molar-refractivity contribution in [1.82, 2.24) is 4.98 Å². The number of Topliss-reactive ketones (excluding diaryl/α,β-unsaturated/α-hetero) is 1. The predicted molar refractivity (Wildman–Crippen MR) is 72.3 cm³/mol. The summed E-state index contributed by atoms with van der Waals surface area (Å²) in [5.74, 6) is 0.551. The van der Waals surface area contributed by atoms with E-state index in [0.717, 1.165) is 5.56 Å². The van der Waals surface area contributed by atoms with Crippen molar-refractivity contribution in [1.29, 1.82) is 0 Å². The average Bonchev–Trinajstić information content (AvgIpc) is 2.36. The molecule has 0 aromatic carbocycles. The van der Waals surface area contributed by atoms with E-state index in [0.29, 0.717) is 31.7 Å². The van der Waals surface area contributed by atoms with Gasteiger partial charge in [0.05, 0.1) is 0 Å². The highest BCUT2D eigenvalue weighted by Crippen LogP contribution is 2.24. The molecule has 0 amide bonds. The van der Waals surface area contributed by atoms with E-state index in [1.807, 2.05) is 26.8 Å². The Morgan fingerprint density at radius 3 is 2.56 bits per heavy atom. The van der Waals surface area contributed by atoms with Crippen LogP contribution < -0.4 is 5.73 Å². The molecule has 0 unspecified atom stereocenters. The molecule has 1 rings (SSSR count). The van der Waals surface area contributed by atoms with Gasteiger partial charge >= 0.3 is 0 Å². The van der Waals surface area contributed by atoms with Gasteiger partial charge < -0.3 is 10.5 Å². The van der Waals surface area contributed by atoms with Crippen LogP contribution in [0, 0.1) is 0 Å². The van der Waals surface area contributed by atoms with E-state index < -0.39 is 5.60 Å². The number of pyridine rings is 1. The summed E-state index contributed by atoms with van der Waals surface area (Å²) in [4.78, 5) is 16.3. The number of ether oxygens (including phenoxy) is 1. The summed E-state index contributed by atoms with van der Waals surface area (Å²) in [7, 11) is 0. The Labute approximate surface area is 109 Å². The topological polar surface area (TPSA) is 65.2 Å². The Bertz CT molecular complexity index is 401. The zero-order valence-electron chi connectivity index (χ0n) is 11.4. The quantitative estimate of drug-likeness (QED) is 0.806. The molecular formula is C14H22N2O2. The molecule has 18 heavy (non-hydrogen) atoms. The number of ketones is 1. The van der Waals surface area contributed by atoms with E-state index >= 15 is 0 Å². The lowest BCUT2D eigenvalue weighted by molar-refractivity contribution is -0.144. The molecule has 1 aromatic rings. The second-order valence-electron chi connectivity index (χ2n) is 4.32. The number of carbonyl (C=O) groups is 1. The van der Waals surface area contributed by atoms with Gasteiger partial charge in [-0.3, -0.25) is 4.79 Å². The molecule has 0 aliphatic heterocycles. The molecule has 4 nitrogen and oxygen atoms in total. The largest absolute Gasteiger partial charge is 0.384 e. The maximum Gasteiger partial charge on any atom is 0.168 e. The van der Waals surface area contributed by atoms with Gasteiger partial charge in [-0.2, -0.15) is 0 Å². The highest BCUT2D eigenvalue weighted by Gasteiger charge is 2.34. The van der Waals surface area contributed by atoms with Gasteiger partial charge in [0.15, 0.2) is 5.78 Å². The van der Waals surface area contributed by atoms with Gasteiger partial charge in [-0.25, -0.2) is 4.98 Å². The number of nitrogens with two attached hydrogens (primary N) is 1. The third-order valence-corrected chi connectivity index (χ3v) is 3.28. The van der Waals surface area contributed by atoms with E-state index in [9.17, 15) is 4.79 Å². The van der Waals surface area contributed by atoms with Gasteiger partial charge in [-0.05, 0) is 37.5 Å². The van der Waals surface area contributed by atoms with E-state index in [2.05, 4.69) is 4.98 Å². The van der Waals surface area contributed by atoms with Gasteiger partial charge in [0.25, 0.3) is 0 Å². The average molecular weight is 250 g/mol. The molecule has 2 N–H and O–H groups in total. The van der Waals surface area contributed by atoms with Crippen molar-refractivity contribution in [2.75, 3.05) is 12.3 Å². The lowest BCUT2D eigenvalue weighted by atomic mass is 9.88. The Morgan fingerprint density at radius 1 is 1.39 bits per heavy atom. The van der Waals surface area contributed by atoms with Gasteiger partial charge in [0.2, 0.25) is 0 Å². The van der Waals surface area contributed by atoms with Crippen molar-refractivity contribution in [3.8, 4) is 0 Å². The molecular weight excluding hydrogens is 228 g/mol. The van der Waals surface area contributed by atoms with Crippen LogP contribution in [0.4, 0.5) is 5.82 Å². The third-order valence-electron chi connectivity index (χ3n) is 3.28.